The van der Waals surface area contributed by atoms with Crippen LogP contribution in [-0.2, 0) is 14.3 Å². The van der Waals surface area contributed by atoms with Crippen LogP contribution in [0.5, 0.6) is 0 Å². The molecule has 0 bridgehead atoms. The molecule has 20 heavy (non-hydrogen) atoms. The summed E-state index contributed by atoms with van der Waals surface area (Å²) >= 11 is 0. The van der Waals surface area contributed by atoms with Crippen molar-refractivity contribution >= 4 is 11.9 Å². The van der Waals surface area contributed by atoms with Gasteiger partial charge in [-0.2, -0.15) is 0 Å². The second-order valence-electron chi connectivity index (χ2n) is 6.34. The molecule has 5 nitrogen and oxygen atoms in total. The van der Waals surface area contributed by atoms with E-state index < -0.39 is 18.2 Å². The highest BCUT2D eigenvalue weighted by molar-refractivity contribution is 5.82. The van der Waals surface area contributed by atoms with E-state index >= 15 is 0 Å². The fraction of sp³-hybridized carbons (Fsp3) is 0.867. The summed E-state index contributed by atoms with van der Waals surface area (Å²) in [6.45, 7) is 4.39. The maximum Gasteiger partial charge on any atom is 0.332 e. The normalized spacial score (nSPS) is 34.1. The second-order valence-corrected chi connectivity index (χ2v) is 6.34. The first kappa shape index (κ1) is 15.3. The molecular formula is C15H25NO4. The van der Waals surface area contributed by atoms with Crippen LogP contribution in [0.25, 0.3) is 0 Å². The Balaban J connectivity index is 1.89. The molecule has 0 spiro atoms. The van der Waals surface area contributed by atoms with Gasteiger partial charge < -0.3 is 15.2 Å². The van der Waals surface area contributed by atoms with Crippen molar-refractivity contribution in [1.82, 2.24) is 5.32 Å². The molecule has 1 heterocycles. The van der Waals surface area contributed by atoms with Crippen LogP contribution in [0.3, 0.4) is 0 Å². The van der Waals surface area contributed by atoms with E-state index in [4.69, 9.17) is 9.84 Å². The smallest absolute Gasteiger partial charge is 0.332 e. The predicted octanol–water partition coefficient (Wildman–Crippen LogP) is 1.95. The molecule has 5 heteroatoms. The van der Waals surface area contributed by atoms with E-state index in [0.29, 0.717) is 24.7 Å². The number of carbonyl (C=O) groups excluding carboxylic acids is 1. The van der Waals surface area contributed by atoms with E-state index in [1.54, 1.807) is 0 Å². The highest BCUT2D eigenvalue weighted by Gasteiger charge is 2.37. The van der Waals surface area contributed by atoms with Crippen LogP contribution in [0.1, 0.15) is 52.4 Å². The summed E-state index contributed by atoms with van der Waals surface area (Å²) in [7, 11) is 0. The van der Waals surface area contributed by atoms with Crippen molar-refractivity contribution in [1.29, 1.82) is 0 Å². The molecule has 2 aliphatic rings. The van der Waals surface area contributed by atoms with Gasteiger partial charge in [-0.25, -0.2) is 4.79 Å². The zero-order valence-electron chi connectivity index (χ0n) is 12.3. The number of aliphatic carboxylic acids is 1. The van der Waals surface area contributed by atoms with Gasteiger partial charge >= 0.3 is 5.97 Å². The van der Waals surface area contributed by atoms with E-state index in [9.17, 15) is 9.59 Å². The molecule has 2 N–H and O–H groups in total. The number of hydrogen-bond acceptors (Lipinski definition) is 3. The van der Waals surface area contributed by atoms with Crippen LogP contribution < -0.4 is 5.32 Å². The molecule has 4 atom stereocenters. The minimum absolute atomic E-state index is 0.133. The maximum absolute atomic E-state index is 12.2. The van der Waals surface area contributed by atoms with Gasteiger partial charge in [-0.3, -0.25) is 4.79 Å². The maximum atomic E-state index is 12.2. The van der Waals surface area contributed by atoms with Crippen molar-refractivity contribution in [3.8, 4) is 0 Å². The molecular weight excluding hydrogens is 258 g/mol. The van der Waals surface area contributed by atoms with Crippen LogP contribution in [0.15, 0.2) is 0 Å². The molecule has 0 aromatic carbocycles. The molecule has 1 aliphatic heterocycles. The Bertz CT molecular complexity index is 369. The zero-order valence-corrected chi connectivity index (χ0v) is 12.3. The van der Waals surface area contributed by atoms with E-state index in [0.717, 1.165) is 19.3 Å². The Kier molecular flexibility index (Phi) is 5.02. The first-order valence-electron chi connectivity index (χ1n) is 7.67. The molecule has 0 aromatic heterocycles. The van der Waals surface area contributed by atoms with E-state index in [1.165, 1.54) is 6.42 Å². The van der Waals surface area contributed by atoms with Gasteiger partial charge in [-0.15, -0.1) is 0 Å². The number of amides is 1. The van der Waals surface area contributed by atoms with E-state index in [-0.39, 0.29) is 11.9 Å². The zero-order chi connectivity index (χ0) is 14.7. The summed E-state index contributed by atoms with van der Waals surface area (Å²) in [5.74, 6) is -0.0365. The lowest BCUT2D eigenvalue weighted by Crippen LogP contribution is -2.47. The summed E-state index contributed by atoms with van der Waals surface area (Å²) in [4.78, 5) is 23.1. The second kappa shape index (κ2) is 6.57. The number of hydrogen-bond donors (Lipinski definition) is 2. The van der Waals surface area contributed by atoms with Gasteiger partial charge in [-0.05, 0) is 37.5 Å². The molecule has 1 saturated heterocycles. The summed E-state index contributed by atoms with van der Waals surface area (Å²) < 4.78 is 5.31. The molecule has 1 aliphatic carbocycles. The third kappa shape index (κ3) is 3.51. The Hall–Kier alpha value is -1.10. The number of ether oxygens (including phenoxy) is 1. The van der Waals surface area contributed by atoms with Gasteiger partial charge in [0.2, 0.25) is 5.91 Å². The summed E-state index contributed by atoms with van der Waals surface area (Å²) in [6.07, 6.45) is 4.07. The van der Waals surface area contributed by atoms with Gasteiger partial charge in [0.05, 0.1) is 0 Å². The van der Waals surface area contributed by atoms with E-state index in [1.807, 2.05) is 0 Å². The lowest BCUT2D eigenvalue weighted by molar-refractivity contribution is -0.152. The molecule has 1 saturated carbocycles. The van der Waals surface area contributed by atoms with Crippen molar-refractivity contribution in [2.45, 2.75) is 70.6 Å². The van der Waals surface area contributed by atoms with Crippen molar-refractivity contribution in [2.75, 3.05) is 0 Å². The Morgan fingerprint density at radius 3 is 2.35 bits per heavy atom. The Morgan fingerprint density at radius 2 is 1.75 bits per heavy atom. The predicted molar refractivity (Wildman–Crippen MR) is 74.3 cm³/mol. The fourth-order valence-corrected chi connectivity index (χ4v) is 3.42. The monoisotopic (exact) mass is 283 g/mol. The molecule has 1 amide bonds. The van der Waals surface area contributed by atoms with Gasteiger partial charge in [0.15, 0.2) is 6.10 Å². The van der Waals surface area contributed by atoms with Crippen molar-refractivity contribution in [3.63, 3.8) is 0 Å². The van der Waals surface area contributed by atoms with Crippen molar-refractivity contribution in [2.24, 2.45) is 11.8 Å². The fourth-order valence-electron chi connectivity index (χ4n) is 3.42. The molecule has 114 valence electrons. The van der Waals surface area contributed by atoms with Gasteiger partial charge in [-0.1, -0.05) is 26.7 Å². The van der Waals surface area contributed by atoms with Crippen molar-refractivity contribution < 1.29 is 19.4 Å². The molecule has 2 rings (SSSR count). The van der Waals surface area contributed by atoms with E-state index in [2.05, 4.69) is 19.2 Å². The Morgan fingerprint density at radius 1 is 1.10 bits per heavy atom. The quantitative estimate of drug-likeness (QED) is 0.827. The Labute approximate surface area is 120 Å². The lowest BCUT2D eigenvalue weighted by Gasteiger charge is -2.35. The molecule has 2 unspecified atom stereocenters. The van der Waals surface area contributed by atoms with Crippen LogP contribution in [0.2, 0.25) is 0 Å². The standard InChI is InChI=1S/C15H25NO4/c1-9(2)10-5-3-4-6-11(10)16-14(17)12-7-8-13(20-12)15(18)19/h9-13H,3-8H2,1-2H3,(H,16,17)(H,18,19)/t10?,11?,12-,13+/m0/s1. The van der Waals surface area contributed by atoms with Gasteiger partial charge in [0, 0.05) is 6.04 Å². The van der Waals surface area contributed by atoms with Crippen LogP contribution >= 0.6 is 0 Å². The first-order chi connectivity index (χ1) is 9.49. The van der Waals surface area contributed by atoms with Crippen molar-refractivity contribution in [3.05, 3.63) is 0 Å². The minimum atomic E-state index is -0.974. The minimum Gasteiger partial charge on any atom is -0.479 e. The number of nitrogens with one attached hydrogen (secondary N) is 1. The summed E-state index contributed by atoms with van der Waals surface area (Å²) in [5, 5.41) is 12.0. The molecule has 0 aromatic rings. The lowest BCUT2D eigenvalue weighted by atomic mass is 9.78. The number of carbonyl (C=O) groups is 2. The summed E-state index contributed by atoms with van der Waals surface area (Å²) in [6, 6.07) is 0.212. The highest BCUT2D eigenvalue weighted by Crippen LogP contribution is 2.30. The number of carboxylic acids is 1. The number of carboxylic acid groups (broad SMARTS) is 1. The third-order valence-corrected chi connectivity index (χ3v) is 4.59. The van der Waals surface area contributed by atoms with Gasteiger partial charge in [0.25, 0.3) is 0 Å². The largest absolute Gasteiger partial charge is 0.479 e. The average Bonchev–Trinajstić information content (AvgIpc) is 2.89. The molecule has 2 fully saturated rings. The average molecular weight is 283 g/mol. The molecule has 0 radical (unpaired) electrons. The van der Waals surface area contributed by atoms with Crippen LogP contribution in [0.4, 0.5) is 0 Å². The summed E-state index contributed by atoms with van der Waals surface area (Å²) in [5.41, 5.74) is 0. The van der Waals surface area contributed by atoms with Crippen LogP contribution in [0, 0.1) is 11.8 Å². The van der Waals surface area contributed by atoms with Gasteiger partial charge in [0.1, 0.15) is 6.10 Å². The highest BCUT2D eigenvalue weighted by atomic mass is 16.5. The topological polar surface area (TPSA) is 75.6 Å². The SMILES string of the molecule is CC(C)C1CCCCC1NC(=O)[C@@H]1CC[C@H](C(=O)O)O1. The number of rotatable bonds is 4. The van der Waals surface area contributed by atoms with Crippen LogP contribution in [-0.4, -0.2) is 35.2 Å². The third-order valence-electron chi connectivity index (χ3n) is 4.59. The first-order valence-corrected chi connectivity index (χ1v) is 7.67.